The lowest BCUT2D eigenvalue weighted by molar-refractivity contribution is -0.152. The lowest BCUT2D eigenvalue weighted by atomic mass is 9.53. The van der Waals surface area contributed by atoms with Crippen LogP contribution < -0.4 is 5.32 Å². The van der Waals surface area contributed by atoms with E-state index in [9.17, 15) is 9.59 Å². The second-order valence-corrected chi connectivity index (χ2v) is 9.09. The first-order valence-corrected chi connectivity index (χ1v) is 10.1. The van der Waals surface area contributed by atoms with Crippen molar-refractivity contribution in [3.63, 3.8) is 0 Å². The van der Waals surface area contributed by atoms with Crippen LogP contribution in [0.1, 0.15) is 50.3 Å². The van der Waals surface area contributed by atoms with Crippen molar-refractivity contribution in [1.29, 1.82) is 0 Å². The van der Waals surface area contributed by atoms with E-state index in [0.29, 0.717) is 0 Å². The average molecular weight is 359 g/mol. The van der Waals surface area contributed by atoms with Gasteiger partial charge in [-0.25, -0.2) is 4.79 Å². The summed E-state index contributed by atoms with van der Waals surface area (Å²) in [7, 11) is 0. The topological polar surface area (TPSA) is 55.4 Å². The molecular formula is C20H25NO3S. The number of amides is 1. The van der Waals surface area contributed by atoms with Gasteiger partial charge in [-0.2, -0.15) is 0 Å². The quantitative estimate of drug-likeness (QED) is 0.643. The maximum absolute atomic E-state index is 12.6. The molecule has 4 bridgehead atoms. The lowest BCUT2D eigenvalue weighted by Gasteiger charge is -2.57. The molecule has 5 heteroatoms. The van der Waals surface area contributed by atoms with E-state index in [0.717, 1.165) is 41.9 Å². The zero-order valence-electron chi connectivity index (χ0n) is 14.6. The van der Waals surface area contributed by atoms with Crippen LogP contribution in [0.4, 0.5) is 0 Å². The van der Waals surface area contributed by atoms with Gasteiger partial charge < -0.3 is 10.1 Å². The number of hydrogen-bond acceptors (Lipinski definition) is 4. The molecule has 0 aliphatic heterocycles. The molecule has 1 aromatic rings. The Labute approximate surface area is 152 Å². The van der Waals surface area contributed by atoms with Crippen LogP contribution in [0.3, 0.4) is 0 Å². The first-order chi connectivity index (χ1) is 12.0. The highest BCUT2D eigenvalue weighted by atomic mass is 32.1. The van der Waals surface area contributed by atoms with Crippen LogP contribution in [0.25, 0.3) is 6.08 Å². The second kappa shape index (κ2) is 6.60. The van der Waals surface area contributed by atoms with Crippen LogP contribution in [0, 0.1) is 17.8 Å². The molecule has 4 saturated carbocycles. The summed E-state index contributed by atoms with van der Waals surface area (Å²) >= 11 is 1.55. The summed E-state index contributed by atoms with van der Waals surface area (Å²) < 4.78 is 5.29. The normalized spacial score (nSPS) is 34.2. The van der Waals surface area contributed by atoms with E-state index >= 15 is 0 Å². The summed E-state index contributed by atoms with van der Waals surface area (Å²) in [4.78, 5) is 25.5. The van der Waals surface area contributed by atoms with Crippen molar-refractivity contribution in [2.75, 3.05) is 0 Å². The molecule has 0 saturated heterocycles. The fourth-order valence-electron chi connectivity index (χ4n) is 5.43. The van der Waals surface area contributed by atoms with E-state index < -0.39 is 12.1 Å². The van der Waals surface area contributed by atoms with Gasteiger partial charge in [0.2, 0.25) is 0 Å². The van der Waals surface area contributed by atoms with Crippen molar-refractivity contribution < 1.29 is 14.3 Å². The number of thiophene rings is 1. The van der Waals surface area contributed by atoms with E-state index in [1.165, 1.54) is 25.3 Å². The van der Waals surface area contributed by atoms with E-state index in [4.69, 9.17) is 4.74 Å². The molecule has 5 rings (SSSR count). The van der Waals surface area contributed by atoms with Gasteiger partial charge in [0.05, 0.1) is 0 Å². The molecule has 1 heterocycles. The number of rotatable bonds is 5. The Bertz CT molecular complexity index is 644. The maximum Gasteiger partial charge on any atom is 0.331 e. The fraction of sp³-hybridized carbons (Fsp3) is 0.600. The summed E-state index contributed by atoms with van der Waals surface area (Å²) in [5.74, 6) is 1.70. The third kappa shape index (κ3) is 3.66. The van der Waals surface area contributed by atoms with Gasteiger partial charge in [0.1, 0.15) is 0 Å². The standard InChI is InChI=1S/C20H25NO3S/c1-13(24-18(22)5-4-17-3-2-6-25-17)19(23)21-20-10-14-7-15(11-20)9-16(8-14)12-20/h2-6,13-16H,7-12H2,1H3,(H,21,23)/b5-4+/t13-,14?,15?,16?,20?/m1/s1. The Morgan fingerprint density at radius 2 is 1.88 bits per heavy atom. The summed E-state index contributed by atoms with van der Waals surface area (Å²) in [6.45, 7) is 1.66. The minimum atomic E-state index is -0.756. The Balaban J connectivity index is 1.32. The molecule has 4 aliphatic rings. The zero-order chi connectivity index (χ0) is 17.4. The van der Waals surface area contributed by atoms with Crippen LogP contribution >= 0.6 is 11.3 Å². The fourth-order valence-corrected chi connectivity index (χ4v) is 6.05. The number of esters is 1. The minimum absolute atomic E-state index is 0.0424. The van der Waals surface area contributed by atoms with E-state index in [1.54, 1.807) is 24.3 Å². The minimum Gasteiger partial charge on any atom is -0.449 e. The largest absolute Gasteiger partial charge is 0.449 e. The number of hydrogen-bond donors (Lipinski definition) is 1. The van der Waals surface area contributed by atoms with Crippen LogP contribution in [0.5, 0.6) is 0 Å². The third-order valence-electron chi connectivity index (χ3n) is 6.02. The van der Waals surface area contributed by atoms with Gasteiger partial charge in [-0.15, -0.1) is 11.3 Å². The summed E-state index contributed by atoms with van der Waals surface area (Å²) in [5.41, 5.74) is -0.0424. The number of carbonyl (C=O) groups is 2. The highest BCUT2D eigenvalue weighted by Gasteiger charge is 2.51. The van der Waals surface area contributed by atoms with Crippen LogP contribution in [-0.4, -0.2) is 23.5 Å². The lowest BCUT2D eigenvalue weighted by Crippen LogP contribution is -2.61. The second-order valence-electron chi connectivity index (χ2n) is 8.12. The average Bonchev–Trinajstić information content (AvgIpc) is 3.04. The molecule has 1 N–H and O–H groups in total. The molecule has 25 heavy (non-hydrogen) atoms. The molecule has 4 fully saturated rings. The van der Waals surface area contributed by atoms with E-state index in [2.05, 4.69) is 5.32 Å². The molecule has 1 atom stereocenters. The highest BCUT2D eigenvalue weighted by Crippen LogP contribution is 2.55. The van der Waals surface area contributed by atoms with Crippen LogP contribution in [0.2, 0.25) is 0 Å². The van der Waals surface area contributed by atoms with Gasteiger partial charge in [0.25, 0.3) is 5.91 Å². The third-order valence-corrected chi connectivity index (χ3v) is 6.85. The predicted octanol–water partition coefficient (Wildman–Crippen LogP) is 3.78. The smallest absolute Gasteiger partial charge is 0.331 e. The van der Waals surface area contributed by atoms with E-state index in [-0.39, 0.29) is 11.4 Å². The van der Waals surface area contributed by atoms with Crippen molar-refractivity contribution in [3.05, 3.63) is 28.5 Å². The Morgan fingerprint density at radius 3 is 2.44 bits per heavy atom. The van der Waals surface area contributed by atoms with Crippen molar-refractivity contribution in [2.24, 2.45) is 17.8 Å². The molecule has 0 aromatic carbocycles. The van der Waals surface area contributed by atoms with Gasteiger partial charge in [-0.3, -0.25) is 4.79 Å². The first kappa shape index (κ1) is 16.8. The molecule has 4 nitrogen and oxygen atoms in total. The number of ether oxygens (including phenoxy) is 1. The number of nitrogens with one attached hydrogen (secondary N) is 1. The SMILES string of the molecule is C[C@@H](OC(=O)/C=C/c1cccs1)C(=O)NC12CC3CC(CC(C3)C1)C2. The maximum atomic E-state index is 12.6. The first-order valence-electron chi connectivity index (χ1n) is 9.25. The Morgan fingerprint density at radius 1 is 1.24 bits per heavy atom. The van der Waals surface area contributed by atoms with Crippen molar-refractivity contribution in [3.8, 4) is 0 Å². The van der Waals surface area contributed by atoms with Gasteiger partial charge >= 0.3 is 5.97 Å². The van der Waals surface area contributed by atoms with Gasteiger partial charge in [0.15, 0.2) is 6.10 Å². The molecule has 0 radical (unpaired) electrons. The Hall–Kier alpha value is -1.62. The summed E-state index contributed by atoms with van der Waals surface area (Å²) in [5, 5.41) is 5.21. The molecule has 4 aliphatic carbocycles. The van der Waals surface area contributed by atoms with Crippen LogP contribution in [0.15, 0.2) is 23.6 Å². The van der Waals surface area contributed by atoms with Crippen molar-refractivity contribution >= 4 is 29.3 Å². The summed E-state index contributed by atoms with van der Waals surface area (Å²) in [6, 6.07) is 3.86. The zero-order valence-corrected chi connectivity index (χ0v) is 15.4. The summed E-state index contributed by atoms with van der Waals surface area (Å²) in [6.07, 6.45) is 9.68. The van der Waals surface area contributed by atoms with Crippen molar-refractivity contribution in [1.82, 2.24) is 5.32 Å². The molecule has 0 spiro atoms. The van der Waals surface area contributed by atoms with Gasteiger partial charge in [-0.05, 0) is 80.7 Å². The van der Waals surface area contributed by atoms with Gasteiger partial charge in [0, 0.05) is 16.5 Å². The molecule has 0 unspecified atom stereocenters. The monoisotopic (exact) mass is 359 g/mol. The highest BCUT2D eigenvalue weighted by molar-refractivity contribution is 7.10. The molecule has 134 valence electrons. The Kier molecular flexibility index (Phi) is 4.44. The van der Waals surface area contributed by atoms with Crippen molar-refractivity contribution in [2.45, 2.75) is 57.1 Å². The molecular weight excluding hydrogens is 334 g/mol. The predicted molar refractivity (Wildman–Crippen MR) is 98.0 cm³/mol. The number of carbonyl (C=O) groups excluding carboxylic acids is 2. The van der Waals surface area contributed by atoms with E-state index in [1.807, 2.05) is 17.5 Å². The molecule has 1 aromatic heterocycles. The van der Waals surface area contributed by atoms with Crippen LogP contribution in [-0.2, 0) is 14.3 Å². The van der Waals surface area contributed by atoms with Gasteiger partial charge in [-0.1, -0.05) is 6.07 Å². The molecule has 1 amide bonds.